The van der Waals surface area contributed by atoms with Crippen LogP contribution in [0.4, 0.5) is 5.00 Å². The van der Waals surface area contributed by atoms with E-state index in [1.807, 2.05) is 18.2 Å². The van der Waals surface area contributed by atoms with Crippen LogP contribution in [0.5, 0.6) is 0 Å². The van der Waals surface area contributed by atoms with Crippen LogP contribution in [0.25, 0.3) is 20.8 Å². The van der Waals surface area contributed by atoms with Crippen molar-refractivity contribution in [1.82, 2.24) is 9.29 Å². The number of hydrogen-bond donors (Lipinski definition) is 2. The van der Waals surface area contributed by atoms with Gasteiger partial charge in [0.15, 0.2) is 0 Å². The minimum absolute atomic E-state index is 0.240. The molecule has 6 rings (SSSR count). The van der Waals surface area contributed by atoms with Crippen LogP contribution in [0.15, 0.2) is 53.4 Å². The molecule has 0 saturated carbocycles. The zero-order chi connectivity index (χ0) is 26.3. The Kier molecular flexibility index (Phi) is 7.09. The second kappa shape index (κ2) is 10.5. The van der Waals surface area contributed by atoms with E-state index < -0.39 is 10.0 Å². The zero-order valence-corrected chi connectivity index (χ0v) is 23.8. The van der Waals surface area contributed by atoms with Gasteiger partial charge in [0, 0.05) is 30.6 Å². The first-order valence-corrected chi connectivity index (χ1v) is 16.2. The number of amides is 1. The minimum Gasteiger partial charge on any atom is -0.333 e. The van der Waals surface area contributed by atoms with Gasteiger partial charge in [-0.25, -0.2) is 13.4 Å². The number of nitrogens with zero attached hydrogens (tertiary/aromatic N) is 2. The average Bonchev–Trinajstić information content (AvgIpc) is 3.36. The van der Waals surface area contributed by atoms with Crippen LogP contribution in [0.3, 0.4) is 0 Å². The number of carbonyl (C=O) groups is 1. The Morgan fingerprint density at radius 1 is 1.00 bits per heavy atom. The van der Waals surface area contributed by atoms with Gasteiger partial charge in [-0.3, -0.25) is 4.79 Å². The lowest BCUT2D eigenvalue weighted by atomic mass is 10.0. The summed E-state index contributed by atoms with van der Waals surface area (Å²) in [5, 5.41) is 4.89. The summed E-state index contributed by atoms with van der Waals surface area (Å²) in [5.74, 6) is -0.245. The molecule has 1 unspecified atom stereocenters. The number of sulfonamides is 1. The smallest absolute Gasteiger partial charge is 0.256 e. The maximum atomic E-state index is 13.4. The van der Waals surface area contributed by atoms with Gasteiger partial charge >= 0.3 is 0 Å². The molecule has 0 radical (unpaired) electrons. The van der Waals surface area contributed by atoms with Gasteiger partial charge < -0.3 is 10.2 Å². The first kappa shape index (κ1) is 25.6. The first-order valence-electron chi connectivity index (χ1n) is 13.1. The van der Waals surface area contributed by atoms with Gasteiger partial charge in [-0.15, -0.1) is 22.7 Å². The van der Waals surface area contributed by atoms with E-state index in [9.17, 15) is 13.2 Å². The Morgan fingerprint density at radius 2 is 1.74 bits per heavy atom. The number of hydrogen-bond acceptors (Lipinski definition) is 6. The lowest BCUT2D eigenvalue weighted by Crippen LogP contribution is -3.08. The summed E-state index contributed by atoms with van der Waals surface area (Å²) in [6, 6.07) is 14.4. The van der Waals surface area contributed by atoms with E-state index in [0.29, 0.717) is 18.7 Å². The van der Waals surface area contributed by atoms with E-state index in [4.69, 9.17) is 4.98 Å². The number of benzene rings is 2. The number of quaternary nitrogens is 1. The van der Waals surface area contributed by atoms with Crippen molar-refractivity contribution < 1.29 is 18.1 Å². The summed E-state index contributed by atoms with van der Waals surface area (Å²) in [4.78, 5) is 21.3. The van der Waals surface area contributed by atoms with E-state index in [2.05, 4.69) is 18.4 Å². The molecule has 4 heterocycles. The molecular weight excluding hydrogens is 537 g/mol. The molecule has 0 spiro atoms. The quantitative estimate of drug-likeness (QED) is 0.374. The fraction of sp³-hybridized carbons (Fsp3) is 0.357. The maximum Gasteiger partial charge on any atom is 0.256 e. The van der Waals surface area contributed by atoms with E-state index >= 15 is 0 Å². The predicted octanol–water partition coefficient (Wildman–Crippen LogP) is 4.41. The highest BCUT2D eigenvalue weighted by atomic mass is 32.2. The third-order valence-corrected chi connectivity index (χ3v) is 11.5. The van der Waals surface area contributed by atoms with Crippen molar-refractivity contribution in [2.45, 2.75) is 43.5 Å². The van der Waals surface area contributed by atoms with Crippen molar-refractivity contribution in [2.75, 3.05) is 32.0 Å². The molecule has 0 bridgehead atoms. The molecule has 1 fully saturated rings. The lowest BCUT2D eigenvalue weighted by Gasteiger charge is -2.20. The maximum absolute atomic E-state index is 13.4. The molecular formula is C28H31N4O3S3+. The summed E-state index contributed by atoms with van der Waals surface area (Å²) in [6.07, 6.45) is 4.85. The van der Waals surface area contributed by atoms with Gasteiger partial charge in [-0.2, -0.15) is 4.31 Å². The van der Waals surface area contributed by atoms with Crippen LogP contribution >= 0.6 is 22.7 Å². The Hall–Kier alpha value is -2.63. The molecule has 7 nitrogen and oxygen atoms in total. The molecule has 1 saturated heterocycles. The van der Waals surface area contributed by atoms with Gasteiger partial charge in [0.05, 0.1) is 33.6 Å². The molecule has 2 N–H and O–H groups in total. The summed E-state index contributed by atoms with van der Waals surface area (Å²) in [7, 11) is -1.36. The van der Waals surface area contributed by atoms with Crippen LogP contribution in [0.2, 0.25) is 0 Å². The molecule has 198 valence electrons. The molecule has 2 aromatic carbocycles. The van der Waals surface area contributed by atoms with E-state index in [1.165, 1.54) is 15.3 Å². The minimum atomic E-state index is -3.56. The molecule has 2 aliphatic heterocycles. The number of fused-ring (bicyclic) bond motifs is 2. The summed E-state index contributed by atoms with van der Waals surface area (Å²) < 4.78 is 29.0. The molecule has 1 amide bonds. The fourth-order valence-corrected chi connectivity index (χ4v) is 9.28. The highest BCUT2D eigenvalue weighted by molar-refractivity contribution is 7.89. The Labute approximate surface area is 231 Å². The van der Waals surface area contributed by atoms with Crippen LogP contribution in [0.1, 0.15) is 46.5 Å². The number of rotatable bonds is 5. The summed E-state index contributed by atoms with van der Waals surface area (Å²) in [5.41, 5.74) is 3.72. The molecule has 0 aliphatic carbocycles. The second-order valence-corrected chi connectivity index (χ2v) is 14.2. The van der Waals surface area contributed by atoms with Crippen LogP contribution in [0, 0.1) is 0 Å². The first-order chi connectivity index (χ1) is 18.4. The largest absolute Gasteiger partial charge is 0.333 e. The topological polar surface area (TPSA) is 83.8 Å². The van der Waals surface area contributed by atoms with Crippen LogP contribution in [-0.4, -0.2) is 50.3 Å². The SMILES string of the molecule is C[NH+]1CCc2c(sc(NC(=O)c3ccc(S(=O)(=O)N4CCCCCC4)cc3)c2-c2nc3ccccc3s2)C1. The standard InChI is InChI=1S/C28H30N4O3S3/c1-31-17-14-21-24(18-31)37-28(25(21)27-29-22-8-4-5-9-23(22)36-27)30-26(33)19-10-12-20(13-11-19)38(34,35)32-15-6-2-3-7-16-32/h4-5,8-13H,2-3,6-7,14-18H2,1H3,(H,30,33)/p+1. The normalized spacial score (nSPS) is 18.7. The number of aromatic nitrogens is 1. The van der Waals surface area contributed by atoms with Crippen molar-refractivity contribution in [2.24, 2.45) is 0 Å². The monoisotopic (exact) mass is 567 g/mol. The van der Waals surface area contributed by atoms with Gasteiger partial charge in [-0.05, 0) is 54.8 Å². The molecule has 4 aromatic rings. The number of anilines is 1. The third-order valence-electron chi connectivity index (χ3n) is 7.41. The predicted molar refractivity (Wildman–Crippen MR) is 154 cm³/mol. The summed E-state index contributed by atoms with van der Waals surface area (Å²) >= 11 is 3.28. The highest BCUT2D eigenvalue weighted by Gasteiger charge is 2.29. The van der Waals surface area contributed by atoms with Crippen molar-refractivity contribution in [3.05, 3.63) is 64.5 Å². The molecule has 2 aliphatic rings. The van der Waals surface area contributed by atoms with Crippen molar-refractivity contribution in [3.8, 4) is 10.6 Å². The third kappa shape index (κ3) is 4.91. The Morgan fingerprint density at radius 3 is 2.47 bits per heavy atom. The van der Waals surface area contributed by atoms with Gasteiger partial charge in [-0.1, -0.05) is 25.0 Å². The molecule has 38 heavy (non-hydrogen) atoms. The zero-order valence-electron chi connectivity index (χ0n) is 21.3. The second-order valence-electron chi connectivity index (χ2n) is 10.1. The Balaban J connectivity index is 1.29. The van der Waals surface area contributed by atoms with Gasteiger partial charge in [0.25, 0.3) is 5.91 Å². The fourth-order valence-electron chi connectivity index (χ4n) is 5.30. The van der Waals surface area contributed by atoms with Crippen molar-refractivity contribution in [3.63, 3.8) is 0 Å². The summed E-state index contributed by atoms with van der Waals surface area (Å²) in [6.45, 7) is 3.08. The number of carbonyl (C=O) groups excluding carboxylic acids is 1. The number of thiophene rings is 1. The van der Waals surface area contributed by atoms with E-state index in [0.717, 1.165) is 71.0 Å². The van der Waals surface area contributed by atoms with Crippen LogP contribution in [-0.2, 0) is 23.0 Å². The van der Waals surface area contributed by atoms with E-state index in [-0.39, 0.29) is 10.8 Å². The van der Waals surface area contributed by atoms with Crippen LogP contribution < -0.4 is 10.2 Å². The van der Waals surface area contributed by atoms with Gasteiger partial charge in [0.1, 0.15) is 16.6 Å². The Bertz CT molecular complexity index is 1550. The number of thiazole rings is 1. The number of nitrogens with one attached hydrogen (secondary N) is 2. The highest BCUT2D eigenvalue weighted by Crippen LogP contribution is 2.44. The average molecular weight is 568 g/mol. The molecule has 10 heteroatoms. The molecule has 1 atom stereocenters. The number of likely N-dealkylation sites (N-methyl/N-ethyl adjacent to an activating group) is 1. The van der Waals surface area contributed by atoms with Gasteiger partial charge in [0.2, 0.25) is 10.0 Å². The molecule has 2 aromatic heterocycles. The number of para-hydroxylation sites is 1. The van der Waals surface area contributed by atoms with Crippen molar-refractivity contribution >= 4 is 53.8 Å². The lowest BCUT2D eigenvalue weighted by molar-refractivity contribution is -0.895. The van der Waals surface area contributed by atoms with E-state index in [1.54, 1.807) is 51.2 Å². The van der Waals surface area contributed by atoms with Crippen molar-refractivity contribution in [1.29, 1.82) is 0 Å².